The van der Waals surface area contributed by atoms with Crippen molar-refractivity contribution in [1.82, 2.24) is 5.32 Å². The Morgan fingerprint density at radius 2 is 2.10 bits per heavy atom. The van der Waals surface area contributed by atoms with Gasteiger partial charge in [0.05, 0.1) is 30.6 Å². The topological polar surface area (TPSA) is 56.8 Å². The van der Waals surface area contributed by atoms with Crippen molar-refractivity contribution in [2.24, 2.45) is 0 Å². The Labute approximate surface area is 122 Å². The van der Waals surface area contributed by atoms with E-state index in [1.807, 2.05) is 25.2 Å². The van der Waals surface area contributed by atoms with Crippen molar-refractivity contribution < 1.29 is 18.4 Å². The van der Waals surface area contributed by atoms with Crippen molar-refractivity contribution in [3.8, 4) is 11.5 Å². The highest BCUT2D eigenvalue weighted by atomic mass is 32.2. The fourth-order valence-electron chi connectivity index (χ4n) is 1.98. The van der Waals surface area contributed by atoms with E-state index in [1.54, 1.807) is 7.11 Å². The summed E-state index contributed by atoms with van der Waals surface area (Å²) in [5, 5.41) is 3.10. The summed E-state index contributed by atoms with van der Waals surface area (Å²) in [6.45, 7) is 1.82. The van der Waals surface area contributed by atoms with E-state index in [4.69, 9.17) is 14.2 Å². The first-order valence-corrected chi connectivity index (χ1v) is 8.00. The van der Waals surface area contributed by atoms with Crippen molar-refractivity contribution in [3.05, 3.63) is 18.2 Å². The van der Waals surface area contributed by atoms with Gasteiger partial charge in [0.15, 0.2) is 11.5 Å². The van der Waals surface area contributed by atoms with Gasteiger partial charge in [0, 0.05) is 36.3 Å². The van der Waals surface area contributed by atoms with Crippen LogP contribution in [0.4, 0.5) is 0 Å². The van der Waals surface area contributed by atoms with Gasteiger partial charge >= 0.3 is 0 Å². The third kappa shape index (κ3) is 3.94. The predicted octanol–water partition coefficient (Wildman–Crippen LogP) is 1.19. The lowest BCUT2D eigenvalue weighted by molar-refractivity contribution is 0.176. The molecule has 5 nitrogen and oxygen atoms in total. The molecule has 0 aliphatic carbocycles. The van der Waals surface area contributed by atoms with Gasteiger partial charge < -0.3 is 19.5 Å². The van der Waals surface area contributed by atoms with E-state index in [-0.39, 0.29) is 6.04 Å². The first-order valence-electron chi connectivity index (χ1n) is 6.69. The quantitative estimate of drug-likeness (QED) is 0.855. The molecule has 2 atom stereocenters. The largest absolute Gasteiger partial charge is 0.490 e. The second-order valence-electron chi connectivity index (χ2n) is 4.61. The van der Waals surface area contributed by atoms with E-state index >= 15 is 0 Å². The molecule has 0 radical (unpaired) electrons. The first-order chi connectivity index (χ1) is 9.74. The summed E-state index contributed by atoms with van der Waals surface area (Å²) in [6.07, 6.45) is 0.864. The molecule has 1 aromatic rings. The molecule has 1 heterocycles. The molecule has 0 fully saturated rings. The third-order valence-corrected chi connectivity index (χ3v) is 4.60. The van der Waals surface area contributed by atoms with Gasteiger partial charge in [-0.25, -0.2) is 0 Å². The maximum absolute atomic E-state index is 12.4. The smallest absolute Gasteiger partial charge is 0.162 e. The van der Waals surface area contributed by atoms with Gasteiger partial charge in [-0.3, -0.25) is 4.21 Å². The van der Waals surface area contributed by atoms with Crippen LogP contribution in [0.15, 0.2) is 23.1 Å². The summed E-state index contributed by atoms with van der Waals surface area (Å²) in [4.78, 5) is 0.755. The van der Waals surface area contributed by atoms with Crippen molar-refractivity contribution >= 4 is 10.8 Å². The summed E-state index contributed by atoms with van der Waals surface area (Å²) in [6, 6.07) is 5.55. The van der Waals surface area contributed by atoms with Crippen LogP contribution in [0.3, 0.4) is 0 Å². The fraction of sp³-hybridized carbons (Fsp3) is 0.571. The van der Waals surface area contributed by atoms with Crippen molar-refractivity contribution in [2.45, 2.75) is 17.4 Å². The molecule has 2 unspecified atom stereocenters. The first kappa shape index (κ1) is 15.3. The lowest BCUT2D eigenvalue weighted by Crippen LogP contribution is -2.35. The summed E-state index contributed by atoms with van der Waals surface area (Å²) >= 11 is 0. The van der Waals surface area contributed by atoms with Gasteiger partial charge in [0.1, 0.15) is 0 Å². The number of likely N-dealkylation sites (N-methyl/N-ethyl adjacent to an activating group) is 1. The lowest BCUT2D eigenvalue weighted by atomic mass is 10.3. The summed E-state index contributed by atoms with van der Waals surface area (Å²) in [7, 11) is 2.39. The van der Waals surface area contributed by atoms with Gasteiger partial charge in [-0.05, 0) is 19.2 Å². The predicted molar refractivity (Wildman–Crippen MR) is 78.0 cm³/mol. The molecule has 0 amide bonds. The standard InChI is InChI=1S/C14H21NO4S/c1-15-11(9-17-2)10-20(16)12-4-5-13-14(8-12)19-7-3-6-18-13/h4-5,8,11,15H,3,6-7,9-10H2,1-2H3. The van der Waals surface area contributed by atoms with Gasteiger partial charge in [0.2, 0.25) is 0 Å². The van der Waals surface area contributed by atoms with E-state index in [0.717, 1.165) is 17.1 Å². The number of hydrogen-bond donors (Lipinski definition) is 1. The third-order valence-electron chi connectivity index (χ3n) is 3.11. The van der Waals surface area contributed by atoms with Crippen LogP contribution in [0.5, 0.6) is 11.5 Å². The Kier molecular flexibility index (Phi) is 5.82. The van der Waals surface area contributed by atoms with Crippen LogP contribution in [0.2, 0.25) is 0 Å². The zero-order valence-corrected chi connectivity index (χ0v) is 12.7. The summed E-state index contributed by atoms with van der Waals surface area (Å²) in [5.74, 6) is 1.91. The van der Waals surface area contributed by atoms with Crippen molar-refractivity contribution in [3.63, 3.8) is 0 Å². The number of fused-ring (bicyclic) bond motifs is 1. The maximum atomic E-state index is 12.4. The minimum absolute atomic E-state index is 0.0665. The summed E-state index contributed by atoms with van der Waals surface area (Å²) < 4.78 is 28.7. The molecule has 112 valence electrons. The lowest BCUT2D eigenvalue weighted by Gasteiger charge is -2.15. The molecule has 0 saturated carbocycles. The van der Waals surface area contributed by atoms with Crippen LogP contribution in [0.25, 0.3) is 0 Å². The van der Waals surface area contributed by atoms with Crippen LogP contribution in [-0.4, -0.2) is 50.0 Å². The average Bonchev–Trinajstić information content (AvgIpc) is 2.71. The maximum Gasteiger partial charge on any atom is 0.162 e. The van der Waals surface area contributed by atoms with E-state index in [9.17, 15) is 4.21 Å². The molecule has 1 aliphatic heterocycles. The number of ether oxygens (including phenoxy) is 3. The molecular weight excluding hydrogens is 278 g/mol. The van der Waals surface area contributed by atoms with E-state index in [2.05, 4.69) is 5.32 Å². The van der Waals surface area contributed by atoms with Crippen LogP contribution in [0, 0.1) is 0 Å². The number of rotatable bonds is 6. The number of hydrogen-bond acceptors (Lipinski definition) is 5. The molecule has 0 saturated heterocycles. The SMILES string of the molecule is CNC(COC)CS(=O)c1ccc2c(c1)OCCCO2. The molecule has 1 aliphatic rings. The minimum Gasteiger partial charge on any atom is -0.490 e. The van der Waals surface area contributed by atoms with Crippen LogP contribution in [0.1, 0.15) is 6.42 Å². The highest BCUT2D eigenvalue weighted by Crippen LogP contribution is 2.31. The van der Waals surface area contributed by atoms with E-state index in [0.29, 0.717) is 31.3 Å². The average molecular weight is 299 g/mol. The normalized spacial score (nSPS) is 17.3. The van der Waals surface area contributed by atoms with Gasteiger partial charge in [-0.15, -0.1) is 0 Å². The zero-order chi connectivity index (χ0) is 14.4. The Morgan fingerprint density at radius 3 is 2.80 bits per heavy atom. The molecule has 1 aromatic carbocycles. The number of methoxy groups -OCH3 is 1. The van der Waals surface area contributed by atoms with Gasteiger partial charge in [0.25, 0.3) is 0 Å². The molecule has 20 heavy (non-hydrogen) atoms. The molecule has 0 aromatic heterocycles. The minimum atomic E-state index is -1.10. The second kappa shape index (κ2) is 7.61. The Bertz CT molecular complexity index is 466. The molecule has 6 heteroatoms. The summed E-state index contributed by atoms with van der Waals surface area (Å²) in [5.41, 5.74) is 0. The Hall–Kier alpha value is -1.11. The van der Waals surface area contributed by atoms with Gasteiger partial charge in [-0.2, -0.15) is 0 Å². The van der Waals surface area contributed by atoms with Crippen molar-refractivity contribution in [2.75, 3.05) is 39.7 Å². The monoisotopic (exact) mass is 299 g/mol. The Morgan fingerprint density at radius 1 is 1.35 bits per heavy atom. The number of nitrogens with one attached hydrogen (secondary N) is 1. The molecule has 0 bridgehead atoms. The highest BCUT2D eigenvalue weighted by Gasteiger charge is 2.16. The molecule has 1 N–H and O–H groups in total. The second-order valence-corrected chi connectivity index (χ2v) is 6.11. The van der Waals surface area contributed by atoms with E-state index < -0.39 is 10.8 Å². The fourth-order valence-corrected chi connectivity index (χ4v) is 3.26. The Balaban J connectivity index is 2.08. The zero-order valence-electron chi connectivity index (χ0n) is 11.9. The molecule has 0 spiro atoms. The van der Waals surface area contributed by atoms with Crippen LogP contribution in [-0.2, 0) is 15.5 Å². The number of benzene rings is 1. The van der Waals surface area contributed by atoms with Gasteiger partial charge in [-0.1, -0.05) is 0 Å². The molecule has 2 rings (SSSR count). The van der Waals surface area contributed by atoms with Crippen LogP contribution >= 0.6 is 0 Å². The molecular formula is C14H21NO4S. The van der Waals surface area contributed by atoms with E-state index in [1.165, 1.54) is 0 Å². The van der Waals surface area contributed by atoms with Crippen LogP contribution < -0.4 is 14.8 Å². The highest BCUT2D eigenvalue weighted by molar-refractivity contribution is 7.85. The van der Waals surface area contributed by atoms with Crippen molar-refractivity contribution in [1.29, 1.82) is 0 Å².